The van der Waals surface area contributed by atoms with Crippen molar-refractivity contribution in [2.75, 3.05) is 29.6 Å². The van der Waals surface area contributed by atoms with Crippen molar-refractivity contribution in [3.63, 3.8) is 0 Å². The van der Waals surface area contributed by atoms with Crippen molar-refractivity contribution in [1.82, 2.24) is 0 Å². The summed E-state index contributed by atoms with van der Waals surface area (Å²) < 4.78 is 0. The summed E-state index contributed by atoms with van der Waals surface area (Å²) in [5.74, 6) is -0.115. The molecule has 0 unspecified atom stereocenters. The second kappa shape index (κ2) is 6.84. The maximum Gasteiger partial charge on any atom is 0.181 e. The fourth-order valence-electron chi connectivity index (χ4n) is 4.79. The van der Waals surface area contributed by atoms with E-state index in [1.165, 1.54) is 0 Å². The zero-order valence-corrected chi connectivity index (χ0v) is 17.3. The Morgan fingerprint density at radius 2 is 1.13 bits per heavy atom. The molecule has 1 spiro atoms. The normalized spacial score (nSPS) is 17.5. The highest BCUT2D eigenvalue weighted by molar-refractivity contribution is 6.30. The molecule has 0 aromatic heterocycles. The van der Waals surface area contributed by atoms with Gasteiger partial charge in [-0.2, -0.15) is 0 Å². The maximum atomic E-state index is 13.6. The molecule has 1 heterocycles. The minimum Gasteiger partial charge on any atom is -0.352 e. The number of hydrogen-bond donors (Lipinski definition) is 0. The van der Waals surface area contributed by atoms with Crippen LogP contribution in [-0.2, 0) is 0 Å². The third kappa shape index (κ3) is 2.83. The van der Waals surface area contributed by atoms with Crippen molar-refractivity contribution < 1.29 is 9.59 Å². The molecule has 0 radical (unpaired) electrons. The van der Waals surface area contributed by atoms with Crippen LogP contribution in [0.25, 0.3) is 0 Å². The van der Waals surface area contributed by atoms with Gasteiger partial charge in [0.05, 0.1) is 6.67 Å². The number of nitrogens with zero attached hydrogens (tertiary/aromatic N) is 2. The van der Waals surface area contributed by atoms with Crippen LogP contribution in [0.1, 0.15) is 31.8 Å². The summed E-state index contributed by atoms with van der Waals surface area (Å²) in [4.78, 5) is 31.5. The molecule has 0 atom stereocenters. The maximum absolute atomic E-state index is 13.6. The summed E-state index contributed by atoms with van der Waals surface area (Å²) in [5.41, 5.74) is 4.39. The van der Waals surface area contributed by atoms with E-state index in [9.17, 15) is 9.59 Å². The molecule has 4 heteroatoms. The van der Waals surface area contributed by atoms with Crippen LogP contribution in [0.3, 0.4) is 0 Å². The van der Waals surface area contributed by atoms with Crippen LogP contribution in [0.4, 0.5) is 11.4 Å². The Hall–Kier alpha value is -3.40. The Morgan fingerprint density at radius 1 is 0.667 bits per heavy atom. The molecule has 3 aromatic carbocycles. The van der Waals surface area contributed by atoms with E-state index in [0.29, 0.717) is 30.9 Å². The van der Waals surface area contributed by atoms with E-state index >= 15 is 0 Å². The first-order valence-electron chi connectivity index (χ1n) is 10.3. The van der Waals surface area contributed by atoms with E-state index in [0.717, 1.165) is 22.5 Å². The minimum absolute atomic E-state index is 0.0573. The molecule has 0 bridgehead atoms. The number of anilines is 2. The van der Waals surface area contributed by atoms with Crippen molar-refractivity contribution in [2.24, 2.45) is 5.41 Å². The summed E-state index contributed by atoms with van der Waals surface area (Å²) in [5, 5.41) is 0. The fourth-order valence-corrected chi connectivity index (χ4v) is 4.79. The second-order valence-corrected chi connectivity index (χ2v) is 8.50. The Balaban J connectivity index is 1.62. The number of ketones is 2. The first-order chi connectivity index (χ1) is 14.5. The van der Waals surface area contributed by atoms with Crippen LogP contribution in [0.5, 0.6) is 0 Å². The van der Waals surface area contributed by atoms with Crippen LogP contribution >= 0.6 is 0 Å². The van der Waals surface area contributed by atoms with Gasteiger partial charge < -0.3 is 9.80 Å². The molecule has 30 heavy (non-hydrogen) atoms. The van der Waals surface area contributed by atoms with Gasteiger partial charge in [-0.05, 0) is 49.2 Å². The lowest BCUT2D eigenvalue weighted by molar-refractivity contribution is 0.0699. The molecule has 2 aliphatic rings. The Bertz CT molecular complexity index is 1080. The van der Waals surface area contributed by atoms with Gasteiger partial charge in [-0.25, -0.2) is 0 Å². The van der Waals surface area contributed by atoms with Crippen LogP contribution in [0, 0.1) is 19.3 Å². The Morgan fingerprint density at radius 3 is 1.57 bits per heavy atom. The minimum atomic E-state index is -1.09. The summed E-state index contributed by atoms with van der Waals surface area (Å²) in [6.45, 7) is 5.54. The highest BCUT2D eigenvalue weighted by Gasteiger charge is 2.56. The molecule has 1 aliphatic heterocycles. The topological polar surface area (TPSA) is 40.6 Å². The summed E-state index contributed by atoms with van der Waals surface area (Å²) in [6.07, 6.45) is 0. The molecule has 5 rings (SSSR count). The number of Topliss-reactive ketones (excluding diaryl/α,β-unsaturated/α-hetero) is 2. The lowest BCUT2D eigenvalue weighted by Crippen LogP contribution is -2.60. The molecular formula is C26H24N2O2. The molecule has 1 saturated heterocycles. The molecular weight excluding hydrogens is 372 g/mol. The zero-order valence-electron chi connectivity index (χ0n) is 17.3. The standard InChI is InChI=1S/C26H24N2O2/c1-18-7-5-9-20(13-18)27-15-26(16-28(17-27)21-10-6-8-19(2)14-21)24(29)22-11-3-4-12-23(22)25(26)30/h3-14H,15-17H2,1-2H3. The molecule has 1 fully saturated rings. The van der Waals surface area contributed by atoms with Crippen molar-refractivity contribution in [3.05, 3.63) is 95.1 Å². The van der Waals surface area contributed by atoms with Gasteiger partial charge >= 0.3 is 0 Å². The number of fused-ring (bicyclic) bond motifs is 1. The first-order valence-corrected chi connectivity index (χ1v) is 10.3. The molecule has 0 N–H and O–H groups in total. The van der Waals surface area contributed by atoms with Crippen LogP contribution < -0.4 is 9.80 Å². The van der Waals surface area contributed by atoms with Gasteiger partial charge in [-0.1, -0.05) is 48.5 Å². The highest BCUT2D eigenvalue weighted by atomic mass is 16.2. The second-order valence-electron chi connectivity index (χ2n) is 8.50. The van der Waals surface area contributed by atoms with E-state index < -0.39 is 5.41 Å². The van der Waals surface area contributed by atoms with E-state index in [1.807, 2.05) is 24.3 Å². The molecule has 3 aromatic rings. The van der Waals surface area contributed by atoms with Crippen LogP contribution in [0.2, 0.25) is 0 Å². The molecule has 0 saturated carbocycles. The predicted octanol–water partition coefficient (Wildman–Crippen LogP) is 4.65. The smallest absolute Gasteiger partial charge is 0.181 e. The Labute approximate surface area is 176 Å². The van der Waals surface area contributed by atoms with Gasteiger partial charge in [0.2, 0.25) is 0 Å². The fraction of sp³-hybridized carbons (Fsp3) is 0.231. The van der Waals surface area contributed by atoms with Gasteiger partial charge in [0.1, 0.15) is 5.41 Å². The summed E-state index contributed by atoms with van der Waals surface area (Å²) >= 11 is 0. The zero-order chi connectivity index (χ0) is 20.9. The van der Waals surface area contributed by atoms with Gasteiger partial charge in [0, 0.05) is 35.6 Å². The third-order valence-electron chi connectivity index (χ3n) is 6.28. The number of benzene rings is 3. The quantitative estimate of drug-likeness (QED) is 0.591. The number of carbonyl (C=O) groups is 2. The average Bonchev–Trinajstić information content (AvgIpc) is 2.96. The number of hydrogen-bond acceptors (Lipinski definition) is 4. The lowest BCUT2D eigenvalue weighted by atomic mass is 9.79. The van der Waals surface area contributed by atoms with Gasteiger partial charge in [0.15, 0.2) is 11.6 Å². The SMILES string of the molecule is Cc1cccc(N2CN(c3cccc(C)c3)CC3(C2)C(=O)c2ccccc2C3=O)c1. The van der Waals surface area contributed by atoms with Crippen molar-refractivity contribution in [3.8, 4) is 0 Å². The van der Waals surface area contributed by atoms with E-state index in [4.69, 9.17) is 0 Å². The largest absolute Gasteiger partial charge is 0.352 e. The molecule has 4 nitrogen and oxygen atoms in total. The average molecular weight is 396 g/mol. The molecule has 1 aliphatic carbocycles. The van der Waals surface area contributed by atoms with E-state index in [2.05, 4.69) is 60.0 Å². The highest BCUT2D eigenvalue weighted by Crippen LogP contribution is 2.42. The van der Waals surface area contributed by atoms with Crippen molar-refractivity contribution in [1.29, 1.82) is 0 Å². The first kappa shape index (κ1) is 18.6. The number of rotatable bonds is 2. The van der Waals surface area contributed by atoms with Gasteiger partial charge in [0.25, 0.3) is 0 Å². The third-order valence-corrected chi connectivity index (χ3v) is 6.28. The Kier molecular flexibility index (Phi) is 4.24. The van der Waals surface area contributed by atoms with Crippen LogP contribution in [-0.4, -0.2) is 31.3 Å². The summed E-state index contributed by atoms with van der Waals surface area (Å²) in [7, 11) is 0. The van der Waals surface area contributed by atoms with Crippen LogP contribution in [0.15, 0.2) is 72.8 Å². The van der Waals surface area contributed by atoms with Gasteiger partial charge in [-0.3, -0.25) is 9.59 Å². The predicted molar refractivity (Wildman–Crippen MR) is 119 cm³/mol. The molecule has 150 valence electrons. The van der Waals surface area contributed by atoms with Crippen molar-refractivity contribution in [2.45, 2.75) is 13.8 Å². The number of aryl methyl sites for hydroxylation is 2. The van der Waals surface area contributed by atoms with E-state index in [-0.39, 0.29) is 11.6 Å². The number of carbonyl (C=O) groups excluding carboxylic acids is 2. The summed E-state index contributed by atoms with van der Waals surface area (Å²) in [6, 6.07) is 23.7. The van der Waals surface area contributed by atoms with Gasteiger partial charge in [-0.15, -0.1) is 0 Å². The lowest BCUT2D eigenvalue weighted by Gasteiger charge is -2.46. The van der Waals surface area contributed by atoms with Crippen molar-refractivity contribution >= 4 is 22.9 Å². The molecule has 0 amide bonds. The monoisotopic (exact) mass is 396 g/mol. The van der Waals surface area contributed by atoms with E-state index in [1.54, 1.807) is 12.1 Å².